The van der Waals surface area contributed by atoms with Gasteiger partial charge in [0.05, 0.1) is 11.2 Å². The summed E-state index contributed by atoms with van der Waals surface area (Å²) in [6.45, 7) is 5.71. The molecule has 1 fully saturated rings. The van der Waals surface area contributed by atoms with Crippen LogP contribution in [0, 0.1) is 30.4 Å². The molecular formula is C14H18F2O. The smallest absolute Gasteiger partial charge is 0.135 e. The predicted octanol–water partition coefficient (Wildman–Crippen LogP) is 3.53. The molecule has 1 N–H and O–H groups in total. The average Bonchev–Trinajstić information content (AvgIpc) is 2.20. The Bertz CT molecular complexity index is 434. The lowest BCUT2D eigenvalue weighted by molar-refractivity contribution is -0.0979. The molecule has 1 saturated carbocycles. The molecule has 0 radical (unpaired) electrons. The Labute approximate surface area is 100 Å². The Hall–Kier alpha value is -0.960. The van der Waals surface area contributed by atoms with E-state index < -0.39 is 17.2 Å². The normalized spacial score (nSPS) is 28.3. The molecule has 0 heterocycles. The average molecular weight is 240 g/mol. The third-order valence-corrected chi connectivity index (χ3v) is 3.89. The first-order valence-electron chi connectivity index (χ1n) is 6.02. The molecule has 17 heavy (non-hydrogen) atoms. The minimum atomic E-state index is -1.31. The van der Waals surface area contributed by atoms with Crippen molar-refractivity contribution < 1.29 is 13.9 Å². The van der Waals surface area contributed by atoms with Gasteiger partial charge < -0.3 is 5.11 Å². The highest BCUT2D eigenvalue weighted by molar-refractivity contribution is 5.33. The fraction of sp³-hybridized carbons (Fsp3) is 0.571. The lowest BCUT2D eigenvalue weighted by atomic mass is 9.63. The Morgan fingerprint density at radius 1 is 1.29 bits per heavy atom. The number of aliphatic hydroxyl groups is 1. The Kier molecular flexibility index (Phi) is 2.98. The second-order valence-corrected chi connectivity index (χ2v) is 5.50. The van der Waals surface area contributed by atoms with E-state index >= 15 is 0 Å². The van der Waals surface area contributed by atoms with Crippen LogP contribution in [0.4, 0.5) is 8.78 Å². The topological polar surface area (TPSA) is 20.2 Å². The van der Waals surface area contributed by atoms with E-state index in [0.29, 0.717) is 30.2 Å². The van der Waals surface area contributed by atoms with E-state index in [-0.39, 0.29) is 5.56 Å². The van der Waals surface area contributed by atoms with Gasteiger partial charge >= 0.3 is 0 Å². The molecule has 1 aromatic rings. The van der Waals surface area contributed by atoms with E-state index in [1.807, 2.05) is 0 Å². The highest BCUT2D eigenvalue weighted by Gasteiger charge is 2.48. The molecule has 94 valence electrons. The summed E-state index contributed by atoms with van der Waals surface area (Å²) in [7, 11) is 0. The van der Waals surface area contributed by atoms with Crippen molar-refractivity contribution in [1.82, 2.24) is 0 Å². The first-order chi connectivity index (χ1) is 7.85. The fourth-order valence-electron chi connectivity index (χ4n) is 2.57. The van der Waals surface area contributed by atoms with Crippen LogP contribution in [0.15, 0.2) is 12.1 Å². The molecular weight excluding hydrogens is 222 g/mol. The molecule has 0 amide bonds. The Morgan fingerprint density at radius 3 is 2.41 bits per heavy atom. The molecule has 0 atom stereocenters. The summed E-state index contributed by atoms with van der Waals surface area (Å²) < 4.78 is 27.6. The molecule has 1 aliphatic carbocycles. The van der Waals surface area contributed by atoms with Gasteiger partial charge in [0.15, 0.2) is 0 Å². The van der Waals surface area contributed by atoms with Gasteiger partial charge in [0.1, 0.15) is 11.6 Å². The van der Waals surface area contributed by atoms with Gasteiger partial charge in [-0.15, -0.1) is 0 Å². The summed E-state index contributed by atoms with van der Waals surface area (Å²) in [5.41, 5.74) is -1.08. The first kappa shape index (κ1) is 12.5. The molecule has 0 aromatic heterocycles. The minimum Gasteiger partial charge on any atom is -0.385 e. The van der Waals surface area contributed by atoms with E-state index in [9.17, 15) is 13.9 Å². The molecule has 0 unspecified atom stereocenters. The summed E-state index contributed by atoms with van der Waals surface area (Å²) in [6, 6.07) is 2.63. The van der Waals surface area contributed by atoms with Crippen LogP contribution in [0.5, 0.6) is 0 Å². The molecule has 0 spiro atoms. The quantitative estimate of drug-likeness (QED) is 0.838. The molecule has 1 aromatic carbocycles. The van der Waals surface area contributed by atoms with Crippen LogP contribution in [0.3, 0.4) is 0 Å². The molecule has 0 bridgehead atoms. The fourth-order valence-corrected chi connectivity index (χ4v) is 2.57. The maximum absolute atomic E-state index is 13.9. The van der Waals surface area contributed by atoms with Crippen molar-refractivity contribution in [3.05, 3.63) is 34.9 Å². The van der Waals surface area contributed by atoms with Crippen molar-refractivity contribution in [3.8, 4) is 0 Å². The second kappa shape index (κ2) is 4.05. The van der Waals surface area contributed by atoms with E-state index in [2.05, 4.69) is 13.8 Å². The van der Waals surface area contributed by atoms with Crippen LogP contribution in [0.1, 0.15) is 37.8 Å². The number of rotatable bonds is 2. The SMILES string of the molecule is Cc1ccc(F)c(C2(O)CC(C(C)C)C2)c1F. The van der Waals surface area contributed by atoms with Gasteiger partial charge in [0, 0.05) is 0 Å². The van der Waals surface area contributed by atoms with Crippen molar-refractivity contribution in [2.45, 2.75) is 39.2 Å². The lowest BCUT2D eigenvalue weighted by Crippen LogP contribution is -2.44. The van der Waals surface area contributed by atoms with Crippen molar-refractivity contribution in [1.29, 1.82) is 0 Å². The van der Waals surface area contributed by atoms with Crippen molar-refractivity contribution in [2.75, 3.05) is 0 Å². The maximum atomic E-state index is 13.9. The number of hydrogen-bond acceptors (Lipinski definition) is 1. The molecule has 2 rings (SSSR count). The number of aryl methyl sites for hydroxylation is 1. The predicted molar refractivity (Wildman–Crippen MR) is 62.6 cm³/mol. The summed E-state index contributed by atoms with van der Waals surface area (Å²) in [4.78, 5) is 0. The van der Waals surface area contributed by atoms with Gasteiger partial charge in [-0.2, -0.15) is 0 Å². The molecule has 0 saturated heterocycles. The summed E-state index contributed by atoms with van der Waals surface area (Å²) in [5, 5.41) is 10.3. The molecule has 1 aliphatic rings. The van der Waals surface area contributed by atoms with Crippen LogP contribution < -0.4 is 0 Å². The summed E-state index contributed by atoms with van der Waals surface area (Å²) in [6.07, 6.45) is 0.893. The van der Waals surface area contributed by atoms with Crippen LogP contribution in [0.25, 0.3) is 0 Å². The van der Waals surface area contributed by atoms with Crippen LogP contribution in [-0.2, 0) is 5.60 Å². The largest absolute Gasteiger partial charge is 0.385 e. The van der Waals surface area contributed by atoms with Gasteiger partial charge in [-0.25, -0.2) is 8.78 Å². The van der Waals surface area contributed by atoms with Gasteiger partial charge in [0.25, 0.3) is 0 Å². The van der Waals surface area contributed by atoms with Crippen molar-refractivity contribution in [2.24, 2.45) is 11.8 Å². The standard InChI is InChI=1S/C14H18F2O/c1-8(2)10-6-14(17,7-10)12-11(15)5-4-9(3)13(12)16/h4-5,8,10,17H,6-7H2,1-3H3. The first-order valence-corrected chi connectivity index (χ1v) is 6.02. The Morgan fingerprint density at radius 2 is 1.88 bits per heavy atom. The molecule has 3 heteroatoms. The van der Waals surface area contributed by atoms with Crippen LogP contribution >= 0.6 is 0 Å². The summed E-state index contributed by atoms with van der Waals surface area (Å²) >= 11 is 0. The second-order valence-electron chi connectivity index (χ2n) is 5.50. The molecule has 1 nitrogen and oxygen atoms in total. The van der Waals surface area contributed by atoms with E-state index in [1.54, 1.807) is 6.92 Å². The zero-order valence-electron chi connectivity index (χ0n) is 10.4. The third-order valence-electron chi connectivity index (χ3n) is 3.89. The van der Waals surface area contributed by atoms with Crippen LogP contribution in [0.2, 0.25) is 0 Å². The maximum Gasteiger partial charge on any atom is 0.135 e. The Balaban J connectivity index is 2.33. The van der Waals surface area contributed by atoms with E-state index in [1.165, 1.54) is 12.1 Å². The molecule has 0 aliphatic heterocycles. The highest BCUT2D eigenvalue weighted by atomic mass is 19.1. The zero-order valence-corrected chi connectivity index (χ0v) is 10.4. The lowest BCUT2D eigenvalue weighted by Gasteiger charge is -2.46. The van der Waals surface area contributed by atoms with Crippen molar-refractivity contribution in [3.63, 3.8) is 0 Å². The number of benzene rings is 1. The monoisotopic (exact) mass is 240 g/mol. The van der Waals surface area contributed by atoms with Gasteiger partial charge in [-0.05, 0) is 43.2 Å². The summed E-state index contributed by atoms with van der Waals surface area (Å²) in [5.74, 6) is -0.460. The van der Waals surface area contributed by atoms with Gasteiger partial charge in [-0.1, -0.05) is 19.9 Å². The van der Waals surface area contributed by atoms with Gasteiger partial charge in [0.2, 0.25) is 0 Å². The van der Waals surface area contributed by atoms with Crippen molar-refractivity contribution >= 4 is 0 Å². The van der Waals surface area contributed by atoms with E-state index in [4.69, 9.17) is 0 Å². The van der Waals surface area contributed by atoms with Gasteiger partial charge in [-0.3, -0.25) is 0 Å². The highest BCUT2D eigenvalue weighted by Crippen LogP contribution is 2.50. The number of hydrogen-bond donors (Lipinski definition) is 1. The number of halogens is 2. The third kappa shape index (κ3) is 1.97. The minimum absolute atomic E-state index is 0.144. The van der Waals surface area contributed by atoms with E-state index in [0.717, 1.165) is 0 Å². The van der Waals surface area contributed by atoms with Crippen LogP contribution in [-0.4, -0.2) is 5.11 Å². The zero-order chi connectivity index (χ0) is 12.8.